The molecule has 2 atom stereocenters. The minimum absolute atomic E-state index is 0.371. The highest BCUT2D eigenvalue weighted by Gasteiger charge is 2.29. The highest BCUT2D eigenvalue weighted by atomic mass is 32.2. The zero-order chi connectivity index (χ0) is 21.9. The van der Waals surface area contributed by atoms with Crippen molar-refractivity contribution in [2.24, 2.45) is 0 Å². The van der Waals surface area contributed by atoms with Gasteiger partial charge >= 0.3 is 0 Å². The van der Waals surface area contributed by atoms with Crippen molar-refractivity contribution in [3.8, 4) is 0 Å². The van der Waals surface area contributed by atoms with Gasteiger partial charge < -0.3 is 4.90 Å². The predicted octanol–water partition coefficient (Wildman–Crippen LogP) is 5.05. The summed E-state index contributed by atoms with van der Waals surface area (Å²) in [4.78, 5) is 15.2. The van der Waals surface area contributed by atoms with Crippen molar-refractivity contribution >= 4 is 27.5 Å². The van der Waals surface area contributed by atoms with Gasteiger partial charge in [-0.15, -0.1) is 0 Å². The first-order valence-electron chi connectivity index (χ1n) is 9.44. The highest BCUT2D eigenvalue weighted by molar-refractivity contribution is 7.99. The normalized spacial score (nSPS) is 13.9. The van der Waals surface area contributed by atoms with E-state index in [4.69, 9.17) is 0 Å². The first-order chi connectivity index (χ1) is 13.4. The van der Waals surface area contributed by atoms with Crippen LogP contribution in [0.4, 0.5) is 4.39 Å². The largest absolute Gasteiger partial charge is 0.338 e. The fraction of sp³-hybridized carbons (Fsp3) is 0.409. The molecule has 0 aliphatic heterocycles. The van der Waals surface area contributed by atoms with Gasteiger partial charge in [-0.1, -0.05) is 43.8 Å². The Hall–Kier alpha value is -1.86. The Morgan fingerprint density at radius 2 is 1.55 bits per heavy atom. The summed E-state index contributed by atoms with van der Waals surface area (Å²) in [7, 11) is -1.96. The second-order valence-electron chi connectivity index (χ2n) is 7.61. The number of amides is 1. The first-order valence-corrected chi connectivity index (χ1v) is 12.2. The van der Waals surface area contributed by atoms with E-state index in [9.17, 15) is 17.6 Å². The van der Waals surface area contributed by atoms with Crippen LogP contribution in [0.25, 0.3) is 0 Å². The molecule has 0 fully saturated rings. The fourth-order valence-electron chi connectivity index (χ4n) is 2.79. The van der Waals surface area contributed by atoms with E-state index < -0.39 is 27.0 Å². The van der Waals surface area contributed by atoms with Crippen LogP contribution in [0.5, 0.6) is 0 Å². The van der Waals surface area contributed by atoms with Gasteiger partial charge in [0.05, 0.1) is 6.04 Å². The smallest absolute Gasteiger partial charge is 0.240 e. The molecule has 0 aliphatic rings. The molecule has 0 saturated heterocycles. The monoisotopic (exact) mass is 437 g/mol. The maximum atomic E-state index is 14.7. The quantitative estimate of drug-likeness (QED) is 0.608. The number of rotatable bonds is 7. The van der Waals surface area contributed by atoms with E-state index in [0.717, 1.165) is 11.2 Å². The van der Waals surface area contributed by atoms with Crippen LogP contribution in [0.1, 0.15) is 50.8 Å². The Morgan fingerprint density at radius 3 is 2.03 bits per heavy atom. The van der Waals surface area contributed by atoms with E-state index in [1.807, 2.05) is 24.3 Å². The van der Waals surface area contributed by atoms with E-state index in [-0.39, 0.29) is 5.82 Å². The average molecular weight is 438 g/mol. The molecule has 0 bridgehead atoms. The number of carbonyl (C=O) groups is 1. The number of hydrogen-bond acceptors (Lipinski definition) is 4. The third kappa shape index (κ3) is 5.82. The summed E-state index contributed by atoms with van der Waals surface area (Å²) in [5.41, 5.74) is 1.84. The Balaban J connectivity index is 2.16. The van der Waals surface area contributed by atoms with E-state index in [0.29, 0.717) is 16.4 Å². The molecule has 0 N–H and O–H groups in total. The predicted molar refractivity (Wildman–Crippen MR) is 117 cm³/mol. The maximum absolute atomic E-state index is 14.7. The molecule has 0 spiro atoms. The molecule has 2 aromatic carbocycles. The minimum Gasteiger partial charge on any atom is -0.338 e. The molecule has 0 heterocycles. The number of halogens is 1. The Bertz CT molecular complexity index is 972. The van der Waals surface area contributed by atoms with Crippen LogP contribution >= 0.6 is 11.8 Å². The van der Waals surface area contributed by atoms with Crippen molar-refractivity contribution in [3.05, 3.63) is 59.4 Å². The molecule has 0 unspecified atom stereocenters. The fourth-order valence-corrected chi connectivity index (χ4v) is 4.14. The van der Waals surface area contributed by atoms with Crippen molar-refractivity contribution in [2.45, 2.75) is 54.7 Å². The maximum Gasteiger partial charge on any atom is 0.240 e. The summed E-state index contributed by atoms with van der Waals surface area (Å²) < 4.78 is 38.0. The molecule has 29 heavy (non-hydrogen) atoms. The van der Waals surface area contributed by atoms with Crippen molar-refractivity contribution in [1.29, 1.82) is 0 Å². The molecule has 4 nitrogen and oxygen atoms in total. The standard InChI is InChI=1S/C22H28FNO3S2/c1-14(2)17-7-10-19(11-8-17)28-21-12-9-18(13-20(21)23)15(3)24(5)22(25)16(4)29(6,26)27/h7-16H,1-6H3/t15-,16-/m1/s1. The molecule has 2 rings (SSSR count). The van der Waals surface area contributed by atoms with Crippen LogP contribution in [0.15, 0.2) is 52.3 Å². The second kappa shape index (κ2) is 9.30. The van der Waals surface area contributed by atoms with Crippen molar-refractivity contribution < 1.29 is 17.6 Å². The summed E-state index contributed by atoms with van der Waals surface area (Å²) in [6.45, 7) is 7.37. The molecule has 0 aliphatic carbocycles. The molecular formula is C22H28FNO3S2. The zero-order valence-electron chi connectivity index (χ0n) is 17.6. The van der Waals surface area contributed by atoms with Crippen molar-refractivity contribution in [2.75, 3.05) is 13.3 Å². The van der Waals surface area contributed by atoms with E-state index in [1.165, 1.54) is 42.3 Å². The molecule has 0 radical (unpaired) electrons. The minimum atomic E-state index is -3.49. The number of sulfone groups is 1. The van der Waals surface area contributed by atoms with Gasteiger partial charge in [-0.25, -0.2) is 12.8 Å². The molecular weight excluding hydrogens is 409 g/mol. The van der Waals surface area contributed by atoms with Gasteiger partial charge in [-0.05, 0) is 55.2 Å². The van der Waals surface area contributed by atoms with Crippen LogP contribution < -0.4 is 0 Å². The molecule has 0 saturated carbocycles. The summed E-state index contributed by atoms with van der Waals surface area (Å²) in [6.07, 6.45) is 1.04. The van der Waals surface area contributed by atoms with E-state index >= 15 is 0 Å². The molecule has 2 aromatic rings. The SMILES string of the molecule is CC(C)c1ccc(Sc2ccc([C@@H](C)N(C)C(=O)[C@@H](C)S(C)(=O)=O)cc2F)cc1. The Kier molecular flexibility index (Phi) is 7.51. The summed E-state index contributed by atoms with van der Waals surface area (Å²) in [6, 6.07) is 12.5. The first kappa shape index (κ1) is 23.4. The van der Waals surface area contributed by atoms with Gasteiger partial charge in [0.2, 0.25) is 5.91 Å². The zero-order valence-corrected chi connectivity index (χ0v) is 19.3. The second-order valence-corrected chi connectivity index (χ2v) is 11.1. The van der Waals surface area contributed by atoms with E-state index in [1.54, 1.807) is 19.1 Å². The highest BCUT2D eigenvalue weighted by Crippen LogP contribution is 2.33. The summed E-state index contributed by atoms with van der Waals surface area (Å²) in [5, 5.41) is -1.14. The van der Waals surface area contributed by atoms with Crippen molar-refractivity contribution in [1.82, 2.24) is 4.90 Å². The van der Waals surface area contributed by atoms with Crippen LogP contribution in [-0.4, -0.2) is 37.8 Å². The summed E-state index contributed by atoms with van der Waals surface area (Å²) >= 11 is 1.34. The van der Waals surface area contributed by atoms with Gasteiger partial charge in [0, 0.05) is 23.1 Å². The lowest BCUT2D eigenvalue weighted by molar-refractivity contribution is -0.131. The molecule has 1 amide bonds. The molecule has 158 valence electrons. The van der Waals surface area contributed by atoms with Crippen LogP contribution in [0.3, 0.4) is 0 Å². The van der Waals surface area contributed by atoms with Gasteiger partial charge in [-0.2, -0.15) is 0 Å². The van der Waals surface area contributed by atoms with Gasteiger partial charge in [0.1, 0.15) is 11.1 Å². The van der Waals surface area contributed by atoms with Crippen LogP contribution in [0, 0.1) is 5.82 Å². The van der Waals surface area contributed by atoms with E-state index in [2.05, 4.69) is 13.8 Å². The lowest BCUT2D eigenvalue weighted by atomic mass is 10.0. The number of nitrogens with zero attached hydrogens (tertiary/aromatic N) is 1. The molecule has 7 heteroatoms. The lowest BCUT2D eigenvalue weighted by Crippen LogP contribution is -2.40. The third-order valence-corrected chi connectivity index (χ3v) is 7.68. The van der Waals surface area contributed by atoms with Crippen molar-refractivity contribution in [3.63, 3.8) is 0 Å². The van der Waals surface area contributed by atoms with Crippen LogP contribution in [-0.2, 0) is 14.6 Å². The molecule has 0 aromatic heterocycles. The number of carbonyl (C=O) groups excluding carboxylic acids is 1. The van der Waals surface area contributed by atoms with Crippen LogP contribution in [0.2, 0.25) is 0 Å². The number of benzene rings is 2. The summed E-state index contributed by atoms with van der Waals surface area (Å²) in [5.74, 6) is -0.440. The lowest BCUT2D eigenvalue weighted by Gasteiger charge is -2.27. The topological polar surface area (TPSA) is 54.5 Å². The Labute approximate surface area is 177 Å². The third-order valence-electron chi connectivity index (χ3n) is 5.13. The Morgan fingerprint density at radius 1 is 1.00 bits per heavy atom. The van der Waals surface area contributed by atoms with Gasteiger partial charge in [-0.3, -0.25) is 4.79 Å². The van der Waals surface area contributed by atoms with Gasteiger partial charge in [0.25, 0.3) is 0 Å². The average Bonchev–Trinajstić information content (AvgIpc) is 2.66. The number of hydrogen-bond donors (Lipinski definition) is 0. The van der Waals surface area contributed by atoms with Gasteiger partial charge in [0.15, 0.2) is 9.84 Å².